The zero-order valence-electron chi connectivity index (χ0n) is 18.3. The SMILES string of the molecule is CC=C(C=C=S)C(=O)OC1C(C)OC(C2(O)CC(=O)C(=N)C(C(=O)O)=C2O)C(O)C1OC(C)=O. The Hall–Kier alpha value is -3.22. The fourth-order valence-electron chi connectivity index (χ4n) is 3.76. The molecule has 1 saturated heterocycles. The zero-order chi connectivity index (χ0) is 26.0. The Morgan fingerprint density at radius 1 is 1.29 bits per heavy atom. The lowest BCUT2D eigenvalue weighted by atomic mass is 9.75. The van der Waals surface area contributed by atoms with Crippen LogP contribution in [0.15, 0.2) is 29.1 Å². The monoisotopic (exact) mass is 497 g/mol. The molecule has 2 rings (SSSR count). The van der Waals surface area contributed by atoms with Gasteiger partial charge in [-0.1, -0.05) is 6.08 Å². The zero-order valence-corrected chi connectivity index (χ0v) is 19.1. The minimum atomic E-state index is -2.79. The van der Waals surface area contributed by atoms with Crippen molar-refractivity contribution in [3.63, 3.8) is 0 Å². The Morgan fingerprint density at radius 3 is 2.41 bits per heavy atom. The molecule has 1 fully saturated rings. The lowest BCUT2D eigenvalue weighted by Gasteiger charge is -2.48. The molecule has 12 nitrogen and oxygen atoms in total. The van der Waals surface area contributed by atoms with Crippen LogP contribution in [-0.4, -0.2) is 91.0 Å². The number of Topliss-reactive ketones (excluding diaryl/α,β-unsaturated/α-hetero) is 1. The molecule has 1 aliphatic heterocycles. The van der Waals surface area contributed by atoms with Gasteiger partial charge in [0, 0.05) is 13.0 Å². The second-order valence-corrected chi connectivity index (χ2v) is 7.87. The van der Waals surface area contributed by atoms with E-state index < -0.39 is 83.3 Å². The van der Waals surface area contributed by atoms with Gasteiger partial charge in [0.15, 0.2) is 23.6 Å². The highest BCUT2D eigenvalue weighted by Crippen LogP contribution is 2.40. The normalized spacial score (nSPS) is 32.0. The second kappa shape index (κ2) is 10.4. The van der Waals surface area contributed by atoms with E-state index >= 15 is 0 Å². The smallest absolute Gasteiger partial charge is 0.341 e. The number of carboxylic acids is 1. The number of hydrogen-bond donors (Lipinski definition) is 5. The molecule has 1 aliphatic carbocycles. The molecule has 0 aromatic rings. The number of aliphatic carboxylic acids is 1. The minimum absolute atomic E-state index is 0.00193. The largest absolute Gasteiger partial charge is 0.508 e. The van der Waals surface area contributed by atoms with E-state index in [4.69, 9.17) is 19.6 Å². The summed E-state index contributed by atoms with van der Waals surface area (Å²) >= 11 is 4.57. The Bertz CT molecular complexity index is 1040. The maximum Gasteiger partial charge on any atom is 0.341 e. The van der Waals surface area contributed by atoms with Gasteiger partial charge in [0.05, 0.1) is 18.1 Å². The predicted molar refractivity (Wildman–Crippen MR) is 116 cm³/mol. The molecule has 0 aromatic heterocycles. The van der Waals surface area contributed by atoms with Crippen LogP contribution in [0.3, 0.4) is 0 Å². The molecular weight excluding hydrogens is 474 g/mol. The minimum Gasteiger partial charge on any atom is -0.508 e. The molecule has 5 N–H and O–H groups in total. The number of aliphatic hydroxyl groups excluding tert-OH is 2. The number of carboxylic acid groups (broad SMARTS) is 1. The van der Waals surface area contributed by atoms with E-state index in [0.29, 0.717) is 0 Å². The van der Waals surface area contributed by atoms with Crippen molar-refractivity contribution in [2.45, 2.75) is 63.3 Å². The number of allylic oxidation sites excluding steroid dienone is 1. The first kappa shape index (κ1) is 27.0. The van der Waals surface area contributed by atoms with E-state index in [1.807, 2.05) is 0 Å². The summed E-state index contributed by atoms with van der Waals surface area (Å²) in [7, 11) is 0. The van der Waals surface area contributed by atoms with Gasteiger partial charge in [-0.2, -0.15) is 0 Å². The molecule has 184 valence electrons. The van der Waals surface area contributed by atoms with Gasteiger partial charge in [-0.05, 0) is 31.1 Å². The fourth-order valence-corrected chi connectivity index (χ4v) is 3.89. The summed E-state index contributed by atoms with van der Waals surface area (Å²) in [6.45, 7) is 3.87. The first-order valence-electron chi connectivity index (χ1n) is 9.90. The maximum absolute atomic E-state index is 12.5. The Balaban J connectivity index is 2.52. The number of aliphatic hydroxyl groups is 3. The number of nitrogens with one attached hydrogen (secondary N) is 1. The van der Waals surface area contributed by atoms with E-state index in [0.717, 1.165) is 13.0 Å². The van der Waals surface area contributed by atoms with E-state index in [-0.39, 0.29) is 5.57 Å². The van der Waals surface area contributed by atoms with Crippen LogP contribution in [0.2, 0.25) is 0 Å². The summed E-state index contributed by atoms with van der Waals surface area (Å²) in [6.07, 6.45) is -6.63. The molecule has 0 aromatic carbocycles. The van der Waals surface area contributed by atoms with Gasteiger partial charge in [-0.15, -0.1) is 0 Å². The van der Waals surface area contributed by atoms with E-state index in [2.05, 4.69) is 17.2 Å². The molecule has 6 atom stereocenters. The third-order valence-corrected chi connectivity index (χ3v) is 5.51. The van der Waals surface area contributed by atoms with Gasteiger partial charge < -0.3 is 34.6 Å². The molecular formula is C21H23NO11S. The Morgan fingerprint density at radius 2 is 1.91 bits per heavy atom. The predicted octanol–water partition coefficient (Wildman–Crippen LogP) is -0.300. The number of esters is 2. The number of hydrogen-bond acceptors (Lipinski definition) is 12. The van der Waals surface area contributed by atoms with Gasteiger partial charge in [0.25, 0.3) is 0 Å². The van der Waals surface area contributed by atoms with E-state index in [9.17, 15) is 39.6 Å². The van der Waals surface area contributed by atoms with E-state index in [1.165, 1.54) is 19.9 Å². The van der Waals surface area contributed by atoms with Crippen LogP contribution in [0.25, 0.3) is 0 Å². The lowest BCUT2D eigenvalue weighted by Crippen LogP contribution is -2.67. The van der Waals surface area contributed by atoms with Crippen molar-refractivity contribution in [1.29, 1.82) is 5.41 Å². The standard InChI is InChI=1S/C21H23NO11S/c1-4-10(5-6-34)20(29)33-15-8(2)31-18(14(25)16(15)32-9(3)23)21(30)7-11(24)13(22)12(17(21)26)19(27)28/h4-5,8,14-16,18,22,25-26,30H,7H2,1-3H3,(H,27,28). The van der Waals surface area contributed by atoms with Gasteiger partial charge in [-0.25, -0.2) is 9.59 Å². The first-order valence-corrected chi connectivity index (χ1v) is 10.3. The van der Waals surface area contributed by atoms with Crippen LogP contribution in [0.5, 0.6) is 0 Å². The number of carbonyl (C=O) groups is 4. The van der Waals surface area contributed by atoms with Gasteiger partial charge in [-0.3, -0.25) is 15.0 Å². The molecule has 1 heterocycles. The van der Waals surface area contributed by atoms with E-state index in [1.54, 1.807) is 0 Å². The van der Waals surface area contributed by atoms with Gasteiger partial charge in [0.1, 0.15) is 29.3 Å². The highest BCUT2D eigenvalue weighted by molar-refractivity contribution is 7.78. The summed E-state index contributed by atoms with van der Waals surface area (Å²) in [5.41, 5.74) is -4.99. The number of ether oxygens (including phenoxy) is 3. The van der Waals surface area contributed by atoms with Crippen molar-refractivity contribution in [3.05, 3.63) is 29.1 Å². The van der Waals surface area contributed by atoms with Crippen LogP contribution in [-0.2, 0) is 33.4 Å². The average molecular weight is 497 g/mol. The molecule has 2 aliphatic rings. The summed E-state index contributed by atoms with van der Waals surface area (Å²) < 4.78 is 16.0. The van der Waals surface area contributed by atoms with Crippen molar-refractivity contribution in [1.82, 2.24) is 0 Å². The molecule has 6 unspecified atom stereocenters. The number of carbonyl (C=O) groups excluding carboxylic acids is 3. The van der Waals surface area contributed by atoms with Gasteiger partial charge >= 0.3 is 17.9 Å². The van der Waals surface area contributed by atoms with Crippen LogP contribution in [0.1, 0.15) is 27.2 Å². The Labute approximate surface area is 198 Å². The molecule has 0 saturated carbocycles. The highest BCUT2D eigenvalue weighted by Gasteiger charge is 2.60. The third-order valence-electron chi connectivity index (χ3n) is 5.39. The average Bonchev–Trinajstić information content (AvgIpc) is 2.74. The lowest BCUT2D eigenvalue weighted by molar-refractivity contribution is -0.267. The molecule has 0 bridgehead atoms. The second-order valence-electron chi connectivity index (χ2n) is 7.63. The summed E-state index contributed by atoms with van der Waals surface area (Å²) in [6, 6.07) is 0. The van der Waals surface area contributed by atoms with Crippen LogP contribution in [0, 0.1) is 5.41 Å². The third kappa shape index (κ3) is 4.98. The summed E-state index contributed by atoms with van der Waals surface area (Å²) in [5, 5.41) is 51.7. The molecule has 0 spiro atoms. The Kier molecular flexibility index (Phi) is 8.24. The van der Waals surface area contributed by atoms with Crippen LogP contribution in [0.4, 0.5) is 0 Å². The number of ketones is 1. The van der Waals surface area contributed by atoms with Crippen molar-refractivity contribution >= 4 is 46.6 Å². The van der Waals surface area contributed by atoms with Crippen molar-refractivity contribution in [3.8, 4) is 0 Å². The maximum atomic E-state index is 12.5. The topological polar surface area (TPSA) is 201 Å². The van der Waals surface area contributed by atoms with Crippen molar-refractivity contribution < 1.29 is 53.8 Å². The molecule has 0 amide bonds. The van der Waals surface area contributed by atoms with Crippen molar-refractivity contribution in [2.75, 3.05) is 0 Å². The first-order chi connectivity index (χ1) is 15.8. The van der Waals surface area contributed by atoms with Crippen molar-refractivity contribution in [2.24, 2.45) is 0 Å². The molecule has 34 heavy (non-hydrogen) atoms. The van der Waals surface area contributed by atoms with Crippen LogP contribution >= 0.6 is 12.2 Å². The quantitative estimate of drug-likeness (QED) is 0.139. The fraction of sp³-hybridized carbons (Fsp3) is 0.476. The number of rotatable bonds is 6. The molecule has 13 heteroatoms. The summed E-state index contributed by atoms with van der Waals surface area (Å²) in [4.78, 5) is 47.9. The molecule has 0 radical (unpaired) electrons. The van der Waals surface area contributed by atoms with Gasteiger partial charge in [0.2, 0.25) is 0 Å². The van der Waals surface area contributed by atoms with Crippen LogP contribution < -0.4 is 0 Å². The summed E-state index contributed by atoms with van der Waals surface area (Å²) in [5.74, 6) is -6.09. The number of thiocarbonyl (C=S) groups is 1. The highest BCUT2D eigenvalue weighted by atomic mass is 32.1.